The molecule has 0 aliphatic heterocycles. The summed E-state index contributed by atoms with van der Waals surface area (Å²) in [6.45, 7) is 0.522. The molecule has 1 N–H and O–H groups in total. The molecule has 1 amide bonds. The molecule has 2 aromatic rings. The summed E-state index contributed by atoms with van der Waals surface area (Å²) in [4.78, 5) is 18.6. The number of aromatic nitrogens is 1. The summed E-state index contributed by atoms with van der Waals surface area (Å²) in [5, 5.41) is 3.97. The number of rotatable bonds is 6. The molecule has 0 saturated heterocycles. The van der Waals surface area contributed by atoms with Crippen molar-refractivity contribution in [2.24, 2.45) is 0 Å². The van der Waals surface area contributed by atoms with Crippen molar-refractivity contribution >= 4 is 29.1 Å². The predicted molar refractivity (Wildman–Crippen MR) is 93.8 cm³/mol. The number of hydrogen-bond donors (Lipinski definition) is 1. The molecule has 0 bridgehead atoms. The van der Waals surface area contributed by atoms with Crippen LogP contribution in [0.1, 0.15) is 17.3 Å². The van der Waals surface area contributed by atoms with Crippen molar-refractivity contribution in [3.63, 3.8) is 0 Å². The van der Waals surface area contributed by atoms with E-state index >= 15 is 0 Å². The van der Waals surface area contributed by atoms with Crippen molar-refractivity contribution in [3.05, 3.63) is 63.9 Å². The number of likely N-dealkylation sites (N-methyl/N-ethyl adjacent to an activating group) is 1. The third-order valence-electron chi connectivity index (χ3n) is 3.37. The fraction of sp³-hybridized carbons (Fsp3) is 0.294. The molecule has 1 heterocycles. The van der Waals surface area contributed by atoms with Crippen LogP contribution in [-0.2, 0) is 11.2 Å². The number of nitrogens with zero attached hydrogens (tertiary/aromatic N) is 2. The Morgan fingerprint density at radius 1 is 1.22 bits per heavy atom. The van der Waals surface area contributed by atoms with Crippen molar-refractivity contribution in [1.29, 1.82) is 0 Å². The van der Waals surface area contributed by atoms with E-state index < -0.39 is 6.04 Å². The van der Waals surface area contributed by atoms with Gasteiger partial charge in [-0.2, -0.15) is 0 Å². The highest BCUT2D eigenvalue weighted by atomic mass is 35.5. The van der Waals surface area contributed by atoms with E-state index in [1.807, 2.05) is 37.2 Å². The van der Waals surface area contributed by atoms with E-state index in [-0.39, 0.29) is 5.91 Å². The molecular formula is C17H19Cl2N3O. The molecule has 1 aromatic carbocycles. The molecule has 0 spiro atoms. The lowest BCUT2D eigenvalue weighted by Crippen LogP contribution is -2.38. The van der Waals surface area contributed by atoms with Crippen molar-refractivity contribution in [3.8, 4) is 0 Å². The van der Waals surface area contributed by atoms with Gasteiger partial charge < -0.3 is 5.32 Å². The maximum atomic E-state index is 12.5. The summed E-state index contributed by atoms with van der Waals surface area (Å²) in [5.74, 6) is -0.0933. The molecule has 1 atom stereocenters. The minimum atomic E-state index is -0.449. The van der Waals surface area contributed by atoms with Crippen molar-refractivity contribution in [2.45, 2.75) is 12.5 Å². The molecule has 122 valence electrons. The highest BCUT2D eigenvalue weighted by Gasteiger charge is 2.23. The SMILES string of the molecule is CN(C)[C@@H](C(=O)NCCc1ccccn1)c1cc(Cl)cc(Cl)c1. The second-order valence-corrected chi connectivity index (χ2v) is 6.30. The van der Waals surface area contributed by atoms with Crippen LogP contribution < -0.4 is 5.32 Å². The molecule has 0 aliphatic carbocycles. The lowest BCUT2D eigenvalue weighted by atomic mass is 10.1. The lowest BCUT2D eigenvalue weighted by Gasteiger charge is -2.24. The van der Waals surface area contributed by atoms with Gasteiger partial charge >= 0.3 is 0 Å². The number of hydrogen-bond acceptors (Lipinski definition) is 3. The zero-order valence-corrected chi connectivity index (χ0v) is 14.6. The van der Waals surface area contributed by atoms with E-state index in [9.17, 15) is 4.79 Å². The van der Waals surface area contributed by atoms with Crippen LogP contribution in [0, 0.1) is 0 Å². The standard InChI is InChI=1S/C17H19Cl2N3O/c1-22(2)16(12-9-13(18)11-14(19)10-12)17(23)21-8-6-15-5-3-4-7-20-15/h3-5,7,9-11,16H,6,8H2,1-2H3,(H,21,23)/t16-/m1/s1. The Hall–Kier alpha value is -1.62. The minimum absolute atomic E-state index is 0.0933. The Morgan fingerprint density at radius 3 is 2.48 bits per heavy atom. The summed E-state index contributed by atoms with van der Waals surface area (Å²) in [6, 6.07) is 10.5. The van der Waals surface area contributed by atoms with E-state index in [0.717, 1.165) is 11.3 Å². The highest BCUT2D eigenvalue weighted by molar-refractivity contribution is 6.34. The first-order valence-corrected chi connectivity index (χ1v) is 8.03. The largest absolute Gasteiger partial charge is 0.354 e. The second-order valence-electron chi connectivity index (χ2n) is 5.43. The van der Waals surface area contributed by atoms with E-state index in [1.165, 1.54) is 0 Å². The second kappa shape index (κ2) is 8.29. The van der Waals surface area contributed by atoms with Gasteiger partial charge in [-0.1, -0.05) is 29.3 Å². The van der Waals surface area contributed by atoms with Gasteiger partial charge in [-0.3, -0.25) is 14.7 Å². The number of carbonyl (C=O) groups is 1. The van der Waals surface area contributed by atoms with Crippen LogP contribution in [0.15, 0.2) is 42.6 Å². The number of carbonyl (C=O) groups excluding carboxylic acids is 1. The monoisotopic (exact) mass is 351 g/mol. The van der Waals surface area contributed by atoms with Gasteiger partial charge in [-0.15, -0.1) is 0 Å². The Morgan fingerprint density at radius 2 is 1.91 bits per heavy atom. The first-order chi connectivity index (χ1) is 11.0. The molecule has 0 radical (unpaired) electrons. The zero-order chi connectivity index (χ0) is 16.8. The summed E-state index contributed by atoms with van der Waals surface area (Å²) in [7, 11) is 3.69. The summed E-state index contributed by atoms with van der Waals surface area (Å²) in [6.07, 6.45) is 2.43. The molecule has 0 fully saturated rings. The number of benzene rings is 1. The number of pyridine rings is 1. The Balaban J connectivity index is 2.04. The fourth-order valence-corrected chi connectivity index (χ4v) is 2.92. The molecular weight excluding hydrogens is 333 g/mol. The van der Waals surface area contributed by atoms with Crippen molar-refractivity contribution in [2.75, 3.05) is 20.6 Å². The molecule has 0 aliphatic rings. The Bertz CT molecular complexity index is 642. The van der Waals surface area contributed by atoms with E-state index in [0.29, 0.717) is 23.0 Å². The van der Waals surface area contributed by atoms with Gasteiger partial charge in [0, 0.05) is 34.9 Å². The highest BCUT2D eigenvalue weighted by Crippen LogP contribution is 2.26. The van der Waals surface area contributed by atoms with Gasteiger partial charge in [0.15, 0.2) is 0 Å². The van der Waals surface area contributed by atoms with Crippen LogP contribution >= 0.6 is 23.2 Å². The fourth-order valence-electron chi connectivity index (χ4n) is 2.37. The first kappa shape index (κ1) is 17.7. The van der Waals surface area contributed by atoms with Gasteiger partial charge in [0.25, 0.3) is 0 Å². The normalized spacial score (nSPS) is 12.2. The third kappa shape index (κ3) is 5.20. The quantitative estimate of drug-likeness (QED) is 0.867. The molecule has 1 aromatic heterocycles. The van der Waals surface area contributed by atoms with Gasteiger partial charge in [0.05, 0.1) is 0 Å². The van der Waals surface area contributed by atoms with Crippen LogP contribution in [0.2, 0.25) is 10.0 Å². The number of nitrogens with one attached hydrogen (secondary N) is 1. The number of halogens is 2. The minimum Gasteiger partial charge on any atom is -0.354 e. The smallest absolute Gasteiger partial charge is 0.241 e. The molecule has 2 rings (SSSR count). The summed E-state index contributed by atoms with van der Waals surface area (Å²) < 4.78 is 0. The third-order valence-corrected chi connectivity index (χ3v) is 3.81. The van der Waals surface area contributed by atoms with Crippen LogP contribution in [0.5, 0.6) is 0 Å². The summed E-state index contributed by atoms with van der Waals surface area (Å²) >= 11 is 12.1. The maximum absolute atomic E-state index is 12.5. The van der Waals surface area contributed by atoms with E-state index in [1.54, 1.807) is 24.4 Å². The molecule has 0 unspecified atom stereocenters. The maximum Gasteiger partial charge on any atom is 0.241 e. The van der Waals surface area contributed by atoms with Gasteiger partial charge in [-0.25, -0.2) is 0 Å². The van der Waals surface area contributed by atoms with Crippen molar-refractivity contribution in [1.82, 2.24) is 15.2 Å². The molecule has 0 saturated carbocycles. The van der Waals surface area contributed by atoms with Crippen LogP contribution in [0.25, 0.3) is 0 Å². The zero-order valence-electron chi connectivity index (χ0n) is 13.1. The topological polar surface area (TPSA) is 45.2 Å². The molecule has 4 nitrogen and oxygen atoms in total. The Labute approximate surface area is 146 Å². The average molecular weight is 352 g/mol. The Kier molecular flexibility index (Phi) is 6.39. The van der Waals surface area contributed by atoms with Crippen LogP contribution in [0.4, 0.5) is 0 Å². The van der Waals surface area contributed by atoms with Gasteiger partial charge in [0.1, 0.15) is 6.04 Å². The van der Waals surface area contributed by atoms with Crippen LogP contribution in [-0.4, -0.2) is 36.4 Å². The van der Waals surface area contributed by atoms with Crippen molar-refractivity contribution < 1.29 is 4.79 Å². The molecule has 6 heteroatoms. The van der Waals surface area contributed by atoms with E-state index in [2.05, 4.69) is 10.3 Å². The molecule has 23 heavy (non-hydrogen) atoms. The van der Waals surface area contributed by atoms with E-state index in [4.69, 9.17) is 23.2 Å². The van der Waals surface area contributed by atoms with Crippen LogP contribution in [0.3, 0.4) is 0 Å². The lowest BCUT2D eigenvalue weighted by molar-refractivity contribution is -0.125. The average Bonchev–Trinajstić information content (AvgIpc) is 2.47. The van der Waals surface area contributed by atoms with Gasteiger partial charge in [-0.05, 0) is 50.0 Å². The number of amides is 1. The summed E-state index contributed by atoms with van der Waals surface area (Å²) in [5.41, 5.74) is 1.71. The van der Waals surface area contributed by atoms with Gasteiger partial charge in [0.2, 0.25) is 5.91 Å². The predicted octanol–water partition coefficient (Wildman–Crippen LogP) is 3.35. The first-order valence-electron chi connectivity index (χ1n) is 7.27.